The molecule has 126 valence electrons. The van der Waals surface area contributed by atoms with Crippen molar-refractivity contribution in [2.75, 3.05) is 13.2 Å². The molecule has 1 heterocycles. The van der Waals surface area contributed by atoms with Crippen LogP contribution in [-0.4, -0.2) is 33.9 Å². The second kappa shape index (κ2) is 7.62. The Morgan fingerprint density at radius 1 is 1.30 bits per heavy atom. The molecule has 0 saturated carbocycles. The first-order chi connectivity index (χ1) is 11.0. The Labute approximate surface area is 136 Å². The Bertz CT molecular complexity index is 689. The summed E-state index contributed by atoms with van der Waals surface area (Å²) in [5.41, 5.74) is 9.21. The smallest absolute Gasteiger partial charge is 0.335 e. The van der Waals surface area contributed by atoms with Crippen LogP contribution in [0.5, 0.6) is 0 Å². The molecule has 0 fully saturated rings. The number of aliphatic hydroxyl groups is 1. The third-order valence-electron chi connectivity index (χ3n) is 4.16. The van der Waals surface area contributed by atoms with Crippen molar-refractivity contribution in [3.63, 3.8) is 0 Å². The standard InChI is InChI=1S/C18H26N2O3/c1-12(2)15-9-14(18(22)23)10-16-13(5-3-8-21)11-20(17(15)16)7-4-6-19/h9-12,21H,3-8,19H2,1-2H3,(H,22,23). The number of carboxylic acid groups (broad SMARTS) is 1. The summed E-state index contributed by atoms with van der Waals surface area (Å²) in [6, 6.07) is 3.54. The number of nitrogens with zero attached hydrogens (tertiary/aromatic N) is 1. The molecule has 5 heteroatoms. The van der Waals surface area contributed by atoms with Crippen molar-refractivity contribution in [1.29, 1.82) is 0 Å². The van der Waals surface area contributed by atoms with E-state index in [1.54, 1.807) is 12.1 Å². The third-order valence-corrected chi connectivity index (χ3v) is 4.16. The van der Waals surface area contributed by atoms with Gasteiger partial charge >= 0.3 is 5.97 Å². The second-order valence-corrected chi connectivity index (χ2v) is 6.24. The highest BCUT2D eigenvalue weighted by Gasteiger charge is 2.18. The van der Waals surface area contributed by atoms with Gasteiger partial charge in [-0.05, 0) is 55.0 Å². The van der Waals surface area contributed by atoms with Crippen LogP contribution in [0.1, 0.15) is 54.1 Å². The minimum Gasteiger partial charge on any atom is -0.478 e. The predicted molar refractivity (Wildman–Crippen MR) is 92.1 cm³/mol. The summed E-state index contributed by atoms with van der Waals surface area (Å²) in [6.45, 7) is 5.72. The monoisotopic (exact) mass is 318 g/mol. The Morgan fingerprint density at radius 2 is 2.04 bits per heavy atom. The highest BCUT2D eigenvalue weighted by molar-refractivity contribution is 5.97. The van der Waals surface area contributed by atoms with Gasteiger partial charge in [0.25, 0.3) is 0 Å². The van der Waals surface area contributed by atoms with Crippen LogP contribution in [0.2, 0.25) is 0 Å². The fourth-order valence-corrected chi connectivity index (χ4v) is 3.01. The number of fused-ring (bicyclic) bond motifs is 1. The van der Waals surface area contributed by atoms with Crippen LogP contribution < -0.4 is 5.73 Å². The molecular weight excluding hydrogens is 292 g/mol. The summed E-state index contributed by atoms with van der Waals surface area (Å²) in [6.07, 6.45) is 4.38. The van der Waals surface area contributed by atoms with Crippen LogP contribution in [0.3, 0.4) is 0 Å². The lowest BCUT2D eigenvalue weighted by Gasteiger charge is -2.13. The molecule has 0 spiro atoms. The first-order valence-corrected chi connectivity index (χ1v) is 8.19. The lowest BCUT2D eigenvalue weighted by molar-refractivity contribution is 0.0697. The third kappa shape index (κ3) is 3.74. The SMILES string of the molecule is CC(C)c1cc(C(=O)O)cc2c(CCCO)cn(CCCN)c12. The van der Waals surface area contributed by atoms with Gasteiger partial charge in [0.15, 0.2) is 0 Å². The van der Waals surface area contributed by atoms with Gasteiger partial charge in [-0.15, -0.1) is 0 Å². The van der Waals surface area contributed by atoms with Crippen LogP contribution in [0, 0.1) is 0 Å². The van der Waals surface area contributed by atoms with Crippen molar-refractivity contribution in [3.8, 4) is 0 Å². The summed E-state index contributed by atoms with van der Waals surface area (Å²) >= 11 is 0. The van der Waals surface area contributed by atoms with Gasteiger partial charge in [0.2, 0.25) is 0 Å². The van der Waals surface area contributed by atoms with Crippen molar-refractivity contribution in [3.05, 3.63) is 35.0 Å². The normalized spacial score (nSPS) is 11.5. The Balaban J connectivity index is 2.68. The topological polar surface area (TPSA) is 88.5 Å². The largest absolute Gasteiger partial charge is 0.478 e. The number of hydrogen-bond acceptors (Lipinski definition) is 3. The minimum atomic E-state index is -0.906. The van der Waals surface area contributed by atoms with E-state index in [0.29, 0.717) is 18.5 Å². The van der Waals surface area contributed by atoms with Crippen molar-refractivity contribution in [2.45, 2.75) is 45.6 Å². The number of aromatic nitrogens is 1. The molecule has 0 atom stereocenters. The number of rotatable bonds is 8. The number of aliphatic hydroxyl groups excluding tert-OH is 1. The van der Waals surface area contributed by atoms with Crippen LogP contribution in [0.4, 0.5) is 0 Å². The van der Waals surface area contributed by atoms with E-state index in [0.717, 1.165) is 41.4 Å². The van der Waals surface area contributed by atoms with E-state index >= 15 is 0 Å². The highest BCUT2D eigenvalue weighted by atomic mass is 16.4. The molecular formula is C18H26N2O3. The quantitative estimate of drug-likeness (QED) is 0.698. The van der Waals surface area contributed by atoms with Gasteiger partial charge in [-0.1, -0.05) is 13.8 Å². The average molecular weight is 318 g/mol. The Morgan fingerprint density at radius 3 is 2.61 bits per heavy atom. The Hall–Kier alpha value is -1.85. The van der Waals surface area contributed by atoms with E-state index in [9.17, 15) is 9.90 Å². The molecule has 1 aromatic heterocycles. The zero-order valence-electron chi connectivity index (χ0n) is 13.9. The maximum absolute atomic E-state index is 11.5. The van der Waals surface area contributed by atoms with Crippen molar-refractivity contribution >= 4 is 16.9 Å². The first-order valence-electron chi connectivity index (χ1n) is 8.19. The summed E-state index contributed by atoms with van der Waals surface area (Å²) < 4.78 is 2.19. The molecule has 1 aromatic carbocycles. The van der Waals surface area contributed by atoms with Gasteiger partial charge in [-0.2, -0.15) is 0 Å². The minimum absolute atomic E-state index is 0.130. The zero-order chi connectivity index (χ0) is 17.0. The molecule has 5 nitrogen and oxygen atoms in total. The number of nitrogens with two attached hydrogens (primary N) is 1. The van der Waals surface area contributed by atoms with Gasteiger partial charge in [0, 0.05) is 24.7 Å². The molecule has 4 N–H and O–H groups in total. The molecule has 0 bridgehead atoms. The van der Waals surface area contributed by atoms with Gasteiger partial charge in [-0.25, -0.2) is 4.79 Å². The number of hydrogen-bond donors (Lipinski definition) is 3. The first kappa shape index (κ1) is 17.5. The molecule has 0 unspecified atom stereocenters. The van der Waals surface area contributed by atoms with Gasteiger partial charge < -0.3 is 20.5 Å². The van der Waals surface area contributed by atoms with Crippen molar-refractivity contribution in [2.24, 2.45) is 5.73 Å². The highest BCUT2D eigenvalue weighted by Crippen LogP contribution is 2.32. The molecule has 2 aromatic rings. The fourth-order valence-electron chi connectivity index (χ4n) is 3.01. The summed E-state index contributed by atoms with van der Waals surface area (Å²) in [5.74, 6) is -0.675. The lowest BCUT2D eigenvalue weighted by Crippen LogP contribution is -2.07. The van der Waals surface area contributed by atoms with E-state index in [4.69, 9.17) is 10.8 Å². The molecule has 0 saturated heterocycles. The second-order valence-electron chi connectivity index (χ2n) is 6.24. The number of benzene rings is 1. The van der Waals surface area contributed by atoms with Crippen LogP contribution in [0.25, 0.3) is 10.9 Å². The molecule has 2 rings (SSSR count). The molecule has 0 radical (unpaired) electrons. The molecule has 0 amide bonds. The van der Waals surface area contributed by atoms with E-state index in [1.165, 1.54) is 0 Å². The van der Waals surface area contributed by atoms with E-state index in [-0.39, 0.29) is 12.5 Å². The maximum atomic E-state index is 11.5. The molecule has 0 aliphatic rings. The van der Waals surface area contributed by atoms with E-state index in [2.05, 4.69) is 24.6 Å². The fraction of sp³-hybridized carbons (Fsp3) is 0.500. The van der Waals surface area contributed by atoms with Crippen LogP contribution in [-0.2, 0) is 13.0 Å². The summed E-state index contributed by atoms with van der Waals surface area (Å²) in [4.78, 5) is 11.5. The Kier molecular flexibility index (Phi) is 5.80. The number of aryl methyl sites for hydroxylation is 2. The lowest BCUT2D eigenvalue weighted by atomic mass is 9.95. The zero-order valence-corrected chi connectivity index (χ0v) is 13.9. The summed E-state index contributed by atoms with van der Waals surface area (Å²) in [7, 11) is 0. The van der Waals surface area contributed by atoms with Crippen LogP contribution in [0.15, 0.2) is 18.3 Å². The average Bonchev–Trinajstić information content (AvgIpc) is 2.87. The van der Waals surface area contributed by atoms with E-state index < -0.39 is 5.97 Å². The van der Waals surface area contributed by atoms with E-state index in [1.807, 2.05) is 0 Å². The number of carboxylic acids is 1. The van der Waals surface area contributed by atoms with Gasteiger partial charge in [-0.3, -0.25) is 0 Å². The molecule has 0 aliphatic heterocycles. The van der Waals surface area contributed by atoms with Gasteiger partial charge in [0.1, 0.15) is 0 Å². The predicted octanol–water partition coefficient (Wildman–Crippen LogP) is 2.74. The van der Waals surface area contributed by atoms with Gasteiger partial charge in [0.05, 0.1) is 11.1 Å². The maximum Gasteiger partial charge on any atom is 0.335 e. The molecule has 0 aliphatic carbocycles. The van der Waals surface area contributed by atoms with Crippen LogP contribution >= 0.6 is 0 Å². The molecule has 23 heavy (non-hydrogen) atoms. The number of aromatic carboxylic acids is 1. The van der Waals surface area contributed by atoms with Crippen molar-refractivity contribution in [1.82, 2.24) is 4.57 Å². The summed E-state index contributed by atoms with van der Waals surface area (Å²) in [5, 5.41) is 19.5. The van der Waals surface area contributed by atoms with Crippen molar-refractivity contribution < 1.29 is 15.0 Å². The number of carbonyl (C=O) groups is 1.